The number of hydrogen-bond donors (Lipinski definition) is 1. The normalized spacial score (nSPS) is 26.8. The Hall–Kier alpha value is -1.31. The second kappa shape index (κ2) is 3.69. The van der Waals surface area contributed by atoms with Gasteiger partial charge in [0.25, 0.3) is 0 Å². The number of carboxylic acids is 1. The molecule has 0 bridgehead atoms. The summed E-state index contributed by atoms with van der Waals surface area (Å²) >= 11 is 0. The molecule has 1 rings (SSSR count). The Balaban J connectivity index is 2.95. The summed E-state index contributed by atoms with van der Waals surface area (Å²) in [5.41, 5.74) is 0. The molecule has 0 unspecified atom stereocenters. The largest absolute Gasteiger partial charge is 0.480 e. The van der Waals surface area contributed by atoms with Crippen LogP contribution in [0.1, 0.15) is 6.92 Å². The third kappa shape index (κ3) is 2.20. The minimum atomic E-state index is -4.78. The fourth-order valence-electron chi connectivity index (χ4n) is 1.33. The van der Waals surface area contributed by atoms with E-state index in [0.717, 1.165) is 6.92 Å². The molecule has 86 valence electrons. The Morgan fingerprint density at radius 3 is 2.33 bits per heavy atom. The van der Waals surface area contributed by atoms with Gasteiger partial charge in [-0.05, 0) is 0 Å². The van der Waals surface area contributed by atoms with Crippen LogP contribution in [0.2, 0.25) is 0 Å². The van der Waals surface area contributed by atoms with Crippen LogP contribution in [0.4, 0.5) is 13.2 Å². The molecule has 1 amide bonds. The van der Waals surface area contributed by atoms with Crippen molar-refractivity contribution in [2.75, 3.05) is 6.61 Å². The highest BCUT2D eigenvalue weighted by Crippen LogP contribution is 2.31. The maximum absolute atomic E-state index is 12.3. The summed E-state index contributed by atoms with van der Waals surface area (Å²) in [5.74, 6) is -2.50. The van der Waals surface area contributed by atoms with Crippen molar-refractivity contribution in [3.8, 4) is 0 Å². The molecule has 1 saturated heterocycles. The predicted molar refractivity (Wildman–Crippen MR) is 39.7 cm³/mol. The van der Waals surface area contributed by atoms with E-state index in [2.05, 4.69) is 4.74 Å². The van der Waals surface area contributed by atoms with E-state index >= 15 is 0 Å². The van der Waals surface area contributed by atoms with Gasteiger partial charge in [-0.25, -0.2) is 4.79 Å². The monoisotopic (exact) mass is 227 g/mol. The van der Waals surface area contributed by atoms with Gasteiger partial charge in [-0.1, -0.05) is 0 Å². The maximum Gasteiger partial charge on any atom is 0.433 e. The van der Waals surface area contributed by atoms with Crippen molar-refractivity contribution in [1.82, 2.24) is 4.90 Å². The average molecular weight is 227 g/mol. The van der Waals surface area contributed by atoms with E-state index in [1.54, 1.807) is 0 Å². The van der Waals surface area contributed by atoms with E-state index in [0.29, 0.717) is 0 Å². The van der Waals surface area contributed by atoms with Crippen LogP contribution in [0.15, 0.2) is 0 Å². The molecule has 1 N–H and O–H groups in total. The van der Waals surface area contributed by atoms with Gasteiger partial charge in [0.05, 0.1) is 6.61 Å². The van der Waals surface area contributed by atoms with E-state index in [4.69, 9.17) is 5.11 Å². The zero-order valence-electron chi connectivity index (χ0n) is 7.61. The Kier molecular flexibility index (Phi) is 2.89. The van der Waals surface area contributed by atoms with Crippen molar-refractivity contribution < 1.29 is 32.6 Å². The topological polar surface area (TPSA) is 66.8 Å². The number of carboxylic acid groups (broad SMARTS) is 1. The van der Waals surface area contributed by atoms with Gasteiger partial charge >= 0.3 is 12.1 Å². The number of ether oxygens (including phenoxy) is 1. The number of aliphatic carboxylic acids is 1. The number of hydrogen-bond acceptors (Lipinski definition) is 3. The zero-order valence-corrected chi connectivity index (χ0v) is 7.61. The van der Waals surface area contributed by atoms with E-state index in [-0.39, 0.29) is 4.90 Å². The van der Waals surface area contributed by atoms with Crippen LogP contribution >= 0.6 is 0 Å². The maximum atomic E-state index is 12.3. The highest BCUT2D eigenvalue weighted by Gasteiger charge is 2.54. The number of carbonyl (C=O) groups is 2. The van der Waals surface area contributed by atoms with Crippen molar-refractivity contribution in [1.29, 1.82) is 0 Å². The molecule has 1 aliphatic heterocycles. The van der Waals surface area contributed by atoms with Crippen LogP contribution < -0.4 is 0 Å². The molecular formula is C7H8F3NO4. The summed E-state index contributed by atoms with van der Waals surface area (Å²) in [6.07, 6.45) is -7.24. The van der Waals surface area contributed by atoms with Crippen LogP contribution in [0.3, 0.4) is 0 Å². The second-order valence-corrected chi connectivity index (χ2v) is 3.01. The lowest BCUT2D eigenvalue weighted by molar-refractivity contribution is -0.239. The van der Waals surface area contributed by atoms with Crippen LogP contribution in [0.5, 0.6) is 0 Å². The number of nitrogens with zero attached hydrogens (tertiary/aromatic N) is 1. The highest BCUT2D eigenvalue weighted by atomic mass is 19.4. The summed E-state index contributed by atoms with van der Waals surface area (Å²) in [7, 11) is 0. The highest BCUT2D eigenvalue weighted by molar-refractivity contribution is 5.83. The van der Waals surface area contributed by atoms with Crippen LogP contribution in [0.25, 0.3) is 0 Å². The first-order valence-electron chi connectivity index (χ1n) is 3.95. The fraction of sp³-hybridized carbons (Fsp3) is 0.714. The summed E-state index contributed by atoms with van der Waals surface area (Å²) in [5, 5.41) is 8.57. The number of amides is 1. The Morgan fingerprint density at radius 1 is 1.47 bits per heavy atom. The summed E-state index contributed by atoms with van der Waals surface area (Å²) in [4.78, 5) is 21.6. The molecule has 0 aromatic carbocycles. The van der Waals surface area contributed by atoms with Crippen molar-refractivity contribution in [3.63, 3.8) is 0 Å². The molecule has 0 saturated carbocycles. The summed E-state index contributed by atoms with van der Waals surface area (Å²) in [6.45, 7) is 0.211. The third-order valence-electron chi connectivity index (χ3n) is 1.93. The Bertz CT molecular complexity index is 290. The Labute approximate surface area is 82.4 Å². The van der Waals surface area contributed by atoms with Crippen molar-refractivity contribution >= 4 is 11.9 Å². The standard InChI is InChI=1S/C7H8F3NO4/c1-3(12)11-4(5(13)14)2-15-6(11)7(8,9)10/h4,6H,2H2,1H3,(H,13,14)/t4-,6+/m0/s1. The molecule has 0 radical (unpaired) electrons. The molecule has 2 atom stereocenters. The quantitative estimate of drug-likeness (QED) is 0.695. The van der Waals surface area contributed by atoms with Gasteiger partial charge in [-0.2, -0.15) is 13.2 Å². The lowest BCUT2D eigenvalue weighted by Gasteiger charge is -2.26. The average Bonchev–Trinajstić information content (AvgIpc) is 2.45. The summed E-state index contributed by atoms with van der Waals surface area (Å²) in [6, 6.07) is -1.57. The number of alkyl halides is 3. The van der Waals surface area contributed by atoms with Gasteiger partial charge in [0, 0.05) is 6.92 Å². The number of rotatable bonds is 1. The van der Waals surface area contributed by atoms with Crippen molar-refractivity contribution in [2.24, 2.45) is 0 Å². The molecule has 1 heterocycles. The van der Waals surface area contributed by atoms with Crippen molar-refractivity contribution in [2.45, 2.75) is 25.4 Å². The van der Waals surface area contributed by atoms with Gasteiger partial charge in [0.1, 0.15) is 0 Å². The number of carbonyl (C=O) groups excluding carboxylic acids is 1. The van der Waals surface area contributed by atoms with E-state index in [9.17, 15) is 22.8 Å². The second-order valence-electron chi connectivity index (χ2n) is 3.01. The lowest BCUT2D eigenvalue weighted by Crippen LogP contribution is -2.50. The molecule has 5 nitrogen and oxygen atoms in total. The van der Waals surface area contributed by atoms with E-state index in [1.807, 2.05) is 0 Å². The first-order chi connectivity index (χ1) is 6.75. The molecule has 8 heteroatoms. The lowest BCUT2D eigenvalue weighted by atomic mass is 10.3. The first kappa shape index (κ1) is 11.8. The molecule has 1 fully saturated rings. The number of halogens is 3. The minimum Gasteiger partial charge on any atom is -0.480 e. The van der Waals surface area contributed by atoms with Gasteiger partial charge in [0.15, 0.2) is 6.04 Å². The van der Waals surface area contributed by atoms with Crippen LogP contribution in [0, 0.1) is 0 Å². The third-order valence-corrected chi connectivity index (χ3v) is 1.93. The molecule has 0 aromatic rings. The first-order valence-corrected chi connectivity index (χ1v) is 3.95. The molecule has 15 heavy (non-hydrogen) atoms. The molecule has 1 aliphatic rings. The molecule has 0 aromatic heterocycles. The predicted octanol–water partition coefficient (Wildman–Crippen LogP) is 0.207. The zero-order chi connectivity index (χ0) is 11.8. The van der Waals surface area contributed by atoms with Gasteiger partial charge < -0.3 is 9.84 Å². The minimum absolute atomic E-state index is 0.183. The fourth-order valence-corrected chi connectivity index (χ4v) is 1.33. The summed E-state index contributed by atoms with van der Waals surface area (Å²) < 4.78 is 41.2. The van der Waals surface area contributed by atoms with Crippen LogP contribution in [-0.4, -0.2) is 46.9 Å². The van der Waals surface area contributed by atoms with Crippen molar-refractivity contribution in [3.05, 3.63) is 0 Å². The van der Waals surface area contributed by atoms with Gasteiger partial charge in [-0.3, -0.25) is 9.69 Å². The van der Waals surface area contributed by atoms with E-state index in [1.165, 1.54) is 0 Å². The van der Waals surface area contributed by atoms with Gasteiger partial charge in [0.2, 0.25) is 12.1 Å². The van der Waals surface area contributed by atoms with E-state index < -0.39 is 36.9 Å². The molecule has 0 spiro atoms. The van der Waals surface area contributed by atoms with Crippen LogP contribution in [-0.2, 0) is 14.3 Å². The SMILES string of the molecule is CC(=O)N1[C@H](C(=O)O)CO[C@@H]1C(F)(F)F. The van der Waals surface area contributed by atoms with Gasteiger partial charge in [-0.15, -0.1) is 0 Å². The smallest absolute Gasteiger partial charge is 0.433 e. The molecular weight excluding hydrogens is 219 g/mol. The molecule has 0 aliphatic carbocycles. The Morgan fingerprint density at radius 2 is 2.00 bits per heavy atom.